The summed E-state index contributed by atoms with van der Waals surface area (Å²) in [4.78, 5) is 10.2. The molecule has 0 heterocycles. The molecule has 5 heteroatoms. The van der Waals surface area contributed by atoms with Crippen molar-refractivity contribution in [2.75, 3.05) is 0 Å². The lowest BCUT2D eigenvalue weighted by Gasteiger charge is -2.10. The van der Waals surface area contributed by atoms with Gasteiger partial charge in [0.2, 0.25) is 0 Å². The summed E-state index contributed by atoms with van der Waals surface area (Å²) in [6.07, 6.45) is -4.45. The van der Waals surface area contributed by atoms with Gasteiger partial charge < -0.3 is 4.74 Å². The van der Waals surface area contributed by atoms with Gasteiger partial charge in [0, 0.05) is 0 Å². The zero-order valence-electron chi connectivity index (χ0n) is 7.91. The SMILES string of the molecule is C[C@@H](C=O)Oc1ccc(C(F)(F)F)cc1. The fourth-order valence-electron chi connectivity index (χ4n) is 0.965. The van der Waals surface area contributed by atoms with Crippen molar-refractivity contribution in [1.82, 2.24) is 0 Å². The average molecular weight is 218 g/mol. The van der Waals surface area contributed by atoms with Crippen molar-refractivity contribution in [3.63, 3.8) is 0 Å². The molecular weight excluding hydrogens is 209 g/mol. The van der Waals surface area contributed by atoms with Crippen molar-refractivity contribution < 1.29 is 22.7 Å². The Morgan fingerprint density at radius 3 is 2.20 bits per heavy atom. The van der Waals surface area contributed by atoms with Gasteiger partial charge in [-0.15, -0.1) is 0 Å². The van der Waals surface area contributed by atoms with Crippen LogP contribution in [-0.4, -0.2) is 12.4 Å². The molecule has 1 rings (SSSR count). The molecule has 0 spiro atoms. The lowest BCUT2D eigenvalue weighted by molar-refractivity contribution is -0.137. The lowest BCUT2D eigenvalue weighted by atomic mass is 10.2. The van der Waals surface area contributed by atoms with Crippen LogP contribution in [0.25, 0.3) is 0 Å². The average Bonchev–Trinajstić information content (AvgIpc) is 2.17. The Morgan fingerprint density at radius 1 is 1.27 bits per heavy atom. The summed E-state index contributed by atoms with van der Waals surface area (Å²) in [5, 5.41) is 0. The Labute approximate surface area is 84.7 Å². The number of rotatable bonds is 3. The second-order valence-electron chi connectivity index (χ2n) is 2.98. The molecule has 0 aliphatic carbocycles. The molecule has 0 unspecified atom stereocenters. The number of aldehydes is 1. The first-order chi connectivity index (χ1) is 6.93. The Kier molecular flexibility index (Phi) is 3.34. The fraction of sp³-hybridized carbons (Fsp3) is 0.300. The van der Waals surface area contributed by atoms with E-state index in [-0.39, 0.29) is 5.75 Å². The molecule has 0 saturated heterocycles. The van der Waals surface area contributed by atoms with E-state index in [1.54, 1.807) is 0 Å². The first kappa shape index (κ1) is 11.6. The van der Waals surface area contributed by atoms with E-state index in [9.17, 15) is 18.0 Å². The molecule has 2 nitrogen and oxygen atoms in total. The van der Waals surface area contributed by atoms with Crippen LogP contribution in [0.1, 0.15) is 12.5 Å². The van der Waals surface area contributed by atoms with Gasteiger partial charge in [-0.05, 0) is 31.2 Å². The molecule has 1 aromatic carbocycles. The Balaban J connectivity index is 2.77. The number of halogens is 3. The predicted molar refractivity (Wildman–Crippen MR) is 47.6 cm³/mol. The second-order valence-corrected chi connectivity index (χ2v) is 2.98. The highest BCUT2D eigenvalue weighted by Gasteiger charge is 2.30. The maximum Gasteiger partial charge on any atom is 0.416 e. The fourth-order valence-corrected chi connectivity index (χ4v) is 0.965. The lowest BCUT2D eigenvalue weighted by Crippen LogP contribution is -2.13. The highest BCUT2D eigenvalue weighted by atomic mass is 19.4. The first-order valence-corrected chi connectivity index (χ1v) is 4.22. The van der Waals surface area contributed by atoms with Gasteiger partial charge >= 0.3 is 6.18 Å². The molecule has 0 radical (unpaired) electrons. The smallest absolute Gasteiger partial charge is 0.416 e. The van der Waals surface area contributed by atoms with E-state index in [1.807, 2.05) is 0 Å². The molecule has 1 aromatic rings. The predicted octanol–water partition coefficient (Wildman–Crippen LogP) is 2.67. The molecule has 0 amide bonds. The van der Waals surface area contributed by atoms with Crippen molar-refractivity contribution >= 4 is 6.29 Å². The summed E-state index contributed by atoms with van der Waals surface area (Å²) in [5.74, 6) is 0.239. The maximum absolute atomic E-state index is 12.2. The highest BCUT2D eigenvalue weighted by Crippen LogP contribution is 2.30. The van der Waals surface area contributed by atoms with E-state index in [2.05, 4.69) is 0 Å². The van der Waals surface area contributed by atoms with Crippen LogP contribution in [0.5, 0.6) is 5.75 Å². The van der Waals surface area contributed by atoms with E-state index >= 15 is 0 Å². The van der Waals surface area contributed by atoms with Crippen LogP contribution < -0.4 is 4.74 Å². The van der Waals surface area contributed by atoms with Crippen LogP contribution in [-0.2, 0) is 11.0 Å². The molecule has 0 saturated carbocycles. The van der Waals surface area contributed by atoms with Gasteiger partial charge in [-0.1, -0.05) is 0 Å². The molecule has 0 bridgehead atoms. The molecule has 0 aliphatic heterocycles. The summed E-state index contributed by atoms with van der Waals surface area (Å²) >= 11 is 0. The Hall–Kier alpha value is -1.52. The van der Waals surface area contributed by atoms with Gasteiger partial charge in [0.15, 0.2) is 12.4 Å². The van der Waals surface area contributed by atoms with Crippen LogP contribution in [0, 0.1) is 0 Å². The van der Waals surface area contributed by atoms with Crippen molar-refractivity contribution in [3.8, 4) is 5.75 Å². The highest BCUT2D eigenvalue weighted by molar-refractivity contribution is 5.56. The molecule has 15 heavy (non-hydrogen) atoms. The van der Waals surface area contributed by atoms with Crippen molar-refractivity contribution in [2.24, 2.45) is 0 Å². The minimum atomic E-state index is -4.35. The summed E-state index contributed by atoms with van der Waals surface area (Å²) < 4.78 is 41.4. The topological polar surface area (TPSA) is 26.3 Å². The Morgan fingerprint density at radius 2 is 1.80 bits per heavy atom. The van der Waals surface area contributed by atoms with Gasteiger partial charge in [-0.25, -0.2) is 0 Å². The third-order valence-corrected chi connectivity index (χ3v) is 1.70. The van der Waals surface area contributed by atoms with E-state index in [4.69, 9.17) is 4.74 Å². The summed E-state index contributed by atoms with van der Waals surface area (Å²) in [7, 11) is 0. The van der Waals surface area contributed by atoms with Gasteiger partial charge in [-0.3, -0.25) is 4.79 Å². The molecule has 0 aromatic heterocycles. The van der Waals surface area contributed by atoms with Gasteiger partial charge in [0.25, 0.3) is 0 Å². The molecular formula is C10H9F3O2. The Bertz CT molecular complexity index is 330. The number of carbonyl (C=O) groups is 1. The van der Waals surface area contributed by atoms with E-state index in [0.717, 1.165) is 12.1 Å². The van der Waals surface area contributed by atoms with E-state index in [0.29, 0.717) is 6.29 Å². The van der Waals surface area contributed by atoms with Gasteiger partial charge in [-0.2, -0.15) is 13.2 Å². The molecule has 1 atom stereocenters. The van der Waals surface area contributed by atoms with Gasteiger partial charge in [0.1, 0.15) is 5.75 Å². The number of carbonyl (C=O) groups excluding carboxylic acids is 1. The van der Waals surface area contributed by atoms with Crippen LogP contribution in [0.2, 0.25) is 0 Å². The van der Waals surface area contributed by atoms with E-state index in [1.165, 1.54) is 19.1 Å². The van der Waals surface area contributed by atoms with Crippen molar-refractivity contribution in [3.05, 3.63) is 29.8 Å². The second kappa shape index (κ2) is 4.33. The third-order valence-electron chi connectivity index (χ3n) is 1.70. The summed E-state index contributed by atoms with van der Waals surface area (Å²) in [5.41, 5.74) is -0.742. The molecule has 0 N–H and O–H groups in total. The standard InChI is InChI=1S/C10H9F3O2/c1-7(6-14)15-9-4-2-8(3-5-9)10(11,12)13/h2-7H,1H3/t7-/m0/s1. The molecule has 0 aliphatic rings. The first-order valence-electron chi connectivity index (χ1n) is 4.22. The monoisotopic (exact) mass is 218 g/mol. The van der Waals surface area contributed by atoms with E-state index < -0.39 is 17.8 Å². The minimum absolute atomic E-state index is 0.239. The zero-order chi connectivity index (χ0) is 11.5. The molecule has 82 valence electrons. The maximum atomic E-state index is 12.2. The van der Waals surface area contributed by atoms with Crippen LogP contribution in [0.15, 0.2) is 24.3 Å². The normalized spacial score (nSPS) is 13.3. The minimum Gasteiger partial charge on any atom is -0.483 e. The van der Waals surface area contributed by atoms with Crippen molar-refractivity contribution in [1.29, 1.82) is 0 Å². The third kappa shape index (κ3) is 3.27. The number of ether oxygens (including phenoxy) is 1. The summed E-state index contributed by atoms with van der Waals surface area (Å²) in [6.45, 7) is 1.50. The van der Waals surface area contributed by atoms with Crippen LogP contribution in [0.3, 0.4) is 0 Å². The number of hydrogen-bond acceptors (Lipinski definition) is 2. The quantitative estimate of drug-likeness (QED) is 0.729. The summed E-state index contributed by atoms with van der Waals surface area (Å²) in [6, 6.07) is 4.19. The number of hydrogen-bond donors (Lipinski definition) is 0. The van der Waals surface area contributed by atoms with Gasteiger partial charge in [0.05, 0.1) is 5.56 Å². The number of alkyl halides is 3. The van der Waals surface area contributed by atoms with Crippen LogP contribution in [0.4, 0.5) is 13.2 Å². The molecule has 0 fully saturated rings. The van der Waals surface area contributed by atoms with Crippen molar-refractivity contribution in [2.45, 2.75) is 19.2 Å². The zero-order valence-corrected chi connectivity index (χ0v) is 7.91. The van der Waals surface area contributed by atoms with Crippen LogP contribution >= 0.6 is 0 Å². The number of benzene rings is 1. The largest absolute Gasteiger partial charge is 0.483 e.